The number of hydrogen-bond donors (Lipinski definition) is 4. The fraction of sp³-hybridized carbons (Fsp3) is 0.182. The van der Waals surface area contributed by atoms with Gasteiger partial charge >= 0.3 is 0 Å². The summed E-state index contributed by atoms with van der Waals surface area (Å²) in [5.41, 5.74) is 9.91. The van der Waals surface area contributed by atoms with Crippen LogP contribution in [0.4, 0.5) is 0 Å². The lowest BCUT2D eigenvalue weighted by molar-refractivity contribution is -0.121. The molecule has 0 saturated carbocycles. The molecule has 0 unspecified atom stereocenters. The van der Waals surface area contributed by atoms with Crippen molar-refractivity contribution in [3.8, 4) is 11.5 Å². The van der Waals surface area contributed by atoms with Crippen LogP contribution in [0, 0.1) is 0 Å². The average Bonchev–Trinajstić information content (AvgIpc) is 2.29. The van der Waals surface area contributed by atoms with Gasteiger partial charge < -0.3 is 26.6 Å². The van der Waals surface area contributed by atoms with Crippen LogP contribution in [0.25, 0.3) is 0 Å². The zero-order valence-electron chi connectivity index (χ0n) is 9.87. The van der Waals surface area contributed by atoms with Gasteiger partial charge in [-0.1, -0.05) is 0 Å². The molecule has 0 aliphatic rings. The molecule has 0 radical (unpaired) electrons. The highest BCUT2D eigenvalue weighted by atomic mass is 16.3. The number of carbonyl (C=O) groups excluding carboxylic acids is 3. The Kier molecular flexibility index (Phi) is 4.30. The number of nitrogens with two attached hydrogens (primary N) is 2. The standard InChI is InChI=1S/C11H13N3O5/c12-9(17)4-14(5-10(13)18)11(19)6-1-2-7(15)8(16)3-6/h1-3,15-16H,4-5H2,(H2,12,17)(H2,13,18). The van der Waals surface area contributed by atoms with Gasteiger partial charge in [-0.25, -0.2) is 0 Å². The largest absolute Gasteiger partial charge is 0.504 e. The zero-order valence-corrected chi connectivity index (χ0v) is 9.87. The first-order chi connectivity index (χ1) is 8.81. The molecule has 0 aliphatic carbocycles. The second-order valence-electron chi connectivity index (χ2n) is 3.80. The van der Waals surface area contributed by atoms with Crippen LogP contribution in [-0.2, 0) is 9.59 Å². The van der Waals surface area contributed by atoms with E-state index in [-0.39, 0.29) is 5.56 Å². The number of nitrogens with zero attached hydrogens (tertiary/aromatic N) is 1. The third-order valence-corrected chi connectivity index (χ3v) is 2.20. The molecular formula is C11H13N3O5. The Balaban J connectivity index is 3.00. The van der Waals surface area contributed by atoms with Crippen LogP contribution < -0.4 is 11.5 Å². The number of carbonyl (C=O) groups is 3. The highest BCUT2D eigenvalue weighted by molar-refractivity contribution is 5.98. The summed E-state index contributed by atoms with van der Waals surface area (Å²) in [6.45, 7) is -0.965. The number of aromatic hydroxyl groups is 2. The van der Waals surface area contributed by atoms with Gasteiger partial charge in [-0.05, 0) is 18.2 Å². The second kappa shape index (κ2) is 5.71. The Bertz CT molecular complexity index is 513. The predicted molar refractivity (Wildman–Crippen MR) is 64.1 cm³/mol. The van der Waals surface area contributed by atoms with Crippen molar-refractivity contribution in [2.45, 2.75) is 0 Å². The van der Waals surface area contributed by atoms with Crippen molar-refractivity contribution >= 4 is 17.7 Å². The van der Waals surface area contributed by atoms with Crippen LogP contribution in [0.15, 0.2) is 18.2 Å². The lowest BCUT2D eigenvalue weighted by Crippen LogP contribution is -2.43. The number of primary amides is 2. The molecule has 0 saturated heterocycles. The minimum atomic E-state index is -0.808. The minimum absolute atomic E-state index is 0.0159. The second-order valence-corrected chi connectivity index (χ2v) is 3.80. The van der Waals surface area contributed by atoms with Crippen LogP contribution in [0.5, 0.6) is 11.5 Å². The Labute approximate surface area is 108 Å². The van der Waals surface area contributed by atoms with Crippen molar-refractivity contribution in [3.63, 3.8) is 0 Å². The third kappa shape index (κ3) is 3.87. The van der Waals surface area contributed by atoms with Gasteiger partial charge in [-0.15, -0.1) is 0 Å². The fourth-order valence-electron chi connectivity index (χ4n) is 1.41. The lowest BCUT2D eigenvalue weighted by Gasteiger charge is -2.19. The van der Waals surface area contributed by atoms with Crippen molar-refractivity contribution in [2.75, 3.05) is 13.1 Å². The monoisotopic (exact) mass is 267 g/mol. The molecule has 102 valence electrons. The number of benzene rings is 1. The summed E-state index contributed by atoms with van der Waals surface area (Å²) in [6, 6.07) is 3.34. The first-order valence-electron chi connectivity index (χ1n) is 5.19. The van der Waals surface area contributed by atoms with E-state index in [1.165, 1.54) is 6.07 Å². The number of amides is 3. The number of rotatable bonds is 5. The maximum Gasteiger partial charge on any atom is 0.254 e. The van der Waals surface area contributed by atoms with Gasteiger partial charge in [-0.3, -0.25) is 14.4 Å². The highest BCUT2D eigenvalue weighted by Gasteiger charge is 2.20. The molecule has 0 aromatic heterocycles. The third-order valence-electron chi connectivity index (χ3n) is 2.20. The summed E-state index contributed by atoms with van der Waals surface area (Å²) in [4.78, 5) is 34.5. The van der Waals surface area contributed by atoms with Crippen molar-refractivity contribution in [1.29, 1.82) is 0 Å². The van der Waals surface area contributed by atoms with E-state index in [1.54, 1.807) is 0 Å². The highest BCUT2D eigenvalue weighted by Crippen LogP contribution is 2.25. The zero-order chi connectivity index (χ0) is 14.6. The van der Waals surface area contributed by atoms with Crippen LogP contribution in [0.3, 0.4) is 0 Å². The molecule has 1 aromatic carbocycles. The van der Waals surface area contributed by atoms with Crippen molar-refractivity contribution in [3.05, 3.63) is 23.8 Å². The average molecular weight is 267 g/mol. The van der Waals surface area contributed by atoms with Gasteiger partial charge in [0.1, 0.15) is 13.1 Å². The molecule has 19 heavy (non-hydrogen) atoms. The van der Waals surface area contributed by atoms with Gasteiger partial charge in [0.2, 0.25) is 11.8 Å². The summed E-state index contributed by atoms with van der Waals surface area (Å²) >= 11 is 0. The Hall–Kier alpha value is -2.77. The Morgan fingerprint density at radius 2 is 1.53 bits per heavy atom. The van der Waals surface area contributed by atoms with Crippen LogP contribution in [-0.4, -0.2) is 45.9 Å². The fourth-order valence-corrected chi connectivity index (χ4v) is 1.41. The predicted octanol–water partition coefficient (Wildman–Crippen LogP) is -1.49. The maximum absolute atomic E-state index is 12.0. The Morgan fingerprint density at radius 3 is 1.95 bits per heavy atom. The molecule has 6 N–H and O–H groups in total. The van der Waals surface area contributed by atoms with Gasteiger partial charge in [0.05, 0.1) is 0 Å². The number of hydrogen-bond acceptors (Lipinski definition) is 5. The van der Waals surface area contributed by atoms with Crippen LogP contribution in [0.2, 0.25) is 0 Å². The van der Waals surface area contributed by atoms with E-state index >= 15 is 0 Å². The van der Waals surface area contributed by atoms with Gasteiger partial charge in [0.25, 0.3) is 5.91 Å². The van der Waals surface area contributed by atoms with Crippen LogP contribution >= 0.6 is 0 Å². The van der Waals surface area contributed by atoms with Crippen molar-refractivity contribution in [2.24, 2.45) is 11.5 Å². The van der Waals surface area contributed by atoms with E-state index in [4.69, 9.17) is 16.6 Å². The van der Waals surface area contributed by atoms with Crippen molar-refractivity contribution in [1.82, 2.24) is 4.90 Å². The smallest absolute Gasteiger partial charge is 0.254 e. The van der Waals surface area contributed by atoms with Gasteiger partial charge in [-0.2, -0.15) is 0 Å². The van der Waals surface area contributed by atoms with E-state index in [0.29, 0.717) is 0 Å². The maximum atomic E-state index is 12.0. The first-order valence-corrected chi connectivity index (χ1v) is 5.19. The van der Waals surface area contributed by atoms with E-state index in [9.17, 15) is 19.5 Å². The summed E-state index contributed by atoms with van der Waals surface area (Å²) in [5, 5.41) is 18.4. The summed E-state index contributed by atoms with van der Waals surface area (Å²) in [6.07, 6.45) is 0. The molecule has 1 rings (SSSR count). The summed E-state index contributed by atoms with van der Waals surface area (Å²) < 4.78 is 0. The van der Waals surface area contributed by atoms with E-state index in [1.807, 2.05) is 0 Å². The topological polar surface area (TPSA) is 147 Å². The quantitative estimate of drug-likeness (QED) is 0.480. The molecule has 8 nitrogen and oxygen atoms in total. The number of phenolic OH excluding ortho intramolecular Hbond substituents is 2. The van der Waals surface area contributed by atoms with Crippen molar-refractivity contribution < 1.29 is 24.6 Å². The molecule has 0 aliphatic heterocycles. The summed E-state index contributed by atoms with van der Waals surface area (Å²) in [7, 11) is 0. The SMILES string of the molecule is NC(=O)CN(CC(N)=O)C(=O)c1ccc(O)c(O)c1. The Morgan fingerprint density at radius 1 is 1.00 bits per heavy atom. The summed E-state index contributed by atoms with van der Waals surface area (Å²) in [5.74, 6) is -3.22. The molecule has 0 heterocycles. The normalized spacial score (nSPS) is 9.89. The van der Waals surface area contributed by atoms with Gasteiger partial charge in [0, 0.05) is 5.56 Å². The molecule has 8 heteroatoms. The molecule has 1 aromatic rings. The van der Waals surface area contributed by atoms with Gasteiger partial charge in [0.15, 0.2) is 11.5 Å². The van der Waals surface area contributed by atoms with E-state index < -0.39 is 42.3 Å². The van der Waals surface area contributed by atoms with E-state index in [0.717, 1.165) is 17.0 Å². The molecule has 0 atom stereocenters. The number of phenols is 2. The lowest BCUT2D eigenvalue weighted by atomic mass is 10.1. The molecule has 3 amide bonds. The molecular weight excluding hydrogens is 254 g/mol. The van der Waals surface area contributed by atoms with E-state index in [2.05, 4.69) is 0 Å². The van der Waals surface area contributed by atoms with Crippen LogP contribution in [0.1, 0.15) is 10.4 Å². The minimum Gasteiger partial charge on any atom is -0.504 e. The molecule has 0 spiro atoms. The molecule has 0 fully saturated rings. The first kappa shape index (κ1) is 14.3. The molecule has 0 bridgehead atoms.